The van der Waals surface area contributed by atoms with Crippen molar-refractivity contribution < 1.29 is 4.42 Å². The second-order valence-electron chi connectivity index (χ2n) is 4.32. The van der Waals surface area contributed by atoms with Crippen molar-refractivity contribution >= 4 is 11.3 Å². The van der Waals surface area contributed by atoms with Crippen LogP contribution in [-0.2, 0) is 6.42 Å². The van der Waals surface area contributed by atoms with Crippen molar-refractivity contribution in [1.82, 2.24) is 9.55 Å². The van der Waals surface area contributed by atoms with E-state index in [1.807, 2.05) is 24.5 Å². The maximum Gasteiger partial charge on any atom is 0.176 e. The first-order chi connectivity index (χ1) is 8.84. The summed E-state index contributed by atoms with van der Waals surface area (Å²) in [6, 6.07) is 6.36. The van der Waals surface area contributed by atoms with Gasteiger partial charge in [0, 0.05) is 18.4 Å². The Kier molecular flexibility index (Phi) is 3.02. The first-order valence-corrected chi connectivity index (χ1v) is 6.86. The van der Waals surface area contributed by atoms with E-state index in [4.69, 9.17) is 4.42 Å². The summed E-state index contributed by atoms with van der Waals surface area (Å²) >= 11 is 1.74. The number of imidazole rings is 1. The third-order valence-corrected chi connectivity index (χ3v) is 3.73. The predicted octanol–water partition coefficient (Wildman–Crippen LogP) is 4.01. The fourth-order valence-corrected chi connectivity index (χ4v) is 2.80. The normalized spacial score (nSPS) is 12.7. The van der Waals surface area contributed by atoms with Gasteiger partial charge in [0.1, 0.15) is 0 Å². The maximum atomic E-state index is 5.42. The zero-order valence-electron chi connectivity index (χ0n) is 10.1. The second kappa shape index (κ2) is 4.82. The van der Waals surface area contributed by atoms with Gasteiger partial charge in [-0.05, 0) is 47.9 Å². The summed E-state index contributed by atoms with van der Waals surface area (Å²) in [5.74, 6) is 1.71. The maximum absolute atomic E-state index is 5.42. The summed E-state index contributed by atoms with van der Waals surface area (Å²) in [6.45, 7) is 2.20. The molecule has 3 aromatic heterocycles. The average molecular weight is 258 g/mol. The smallest absolute Gasteiger partial charge is 0.176 e. The molecule has 0 radical (unpaired) electrons. The van der Waals surface area contributed by atoms with Gasteiger partial charge in [-0.1, -0.05) is 0 Å². The Hall–Kier alpha value is -1.81. The zero-order valence-corrected chi connectivity index (χ0v) is 10.9. The molecule has 0 amide bonds. The lowest BCUT2D eigenvalue weighted by atomic mass is 10.1. The Morgan fingerprint density at radius 3 is 3.11 bits per heavy atom. The second-order valence-corrected chi connectivity index (χ2v) is 5.10. The topological polar surface area (TPSA) is 31.0 Å². The third kappa shape index (κ3) is 2.11. The van der Waals surface area contributed by atoms with Crippen LogP contribution < -0.4 is 0 Å². The third-order valence-electron chi connectivity index (χ3n) is 3.00. The monoisotopic (exact) mass is 258 g/mol. The van der Waals surface area contributed by atoms with Crippen molar-refractivity contribution in [1.29, 1.82) is 0 Å². The quantitative estimate of drug-likeness (QED) is 0.708. The minimum absolute atomic E-state index is 0.363. The predicted molar refractivity (Wildman–Crippen MR) is 72.7 cm³/mol. The van der Waals surface area contributed by atoms with Gasteiger partial charge in [-0.25, -0.2) is 4.98 Å². The van der Waals surface area contributed by atoms with Crippen LogP contribution in [0.4, 0.5) is 0 Å². The van der Waals surface area contributed by atoms with E-state index in [-0.39, 0.29) is 0 Å². The molecule has 1 atom stereocenters. The number of rotatable bonds is 4. The van der Waals surface area contributed by atoms with Gasteiger partial charge in [0.25, 0.3) is 0 Å². The Balaban J connectivity index is 1.86. The lowest BCUT2D eigenvalue weighted by Gasteiger charge is -2.14. The van der Waals surface area contributed by atoms with E-state index < -0.39 is 0 Å². The van der Waals surface area contributed by atoms with Gasteiger partial charge in [-0.3, -0.25) is 0 Å². The van der Waals surface area contributed by atoms with Gasteiger partial charge in [-0.2, -0.15) is 11.3 Å². The first kappa shape index (κ1) is 11.3. The number of hydrogen-bond acceptors (Lipinski definition) is 3. The largest absolute Gasteiger partial charge is 0.461 e. The molecule has 18 heavy (non-hydrogen) atoms. The van der Waals surface area contributed by atoms with Crippen LogP contribution in [0.2, 0.25) is 0 Å². The summed E-state index contributed by atoms with van der Waals surface area (Å²) in [4.78, 5) is 4.38. The van der Waals surface area contributed by atoms with Crippen LogP contribution in [0, 0.1) is 0 Å². The molecule has 0 aromatic carbocycles. The molecule has 0 N–H and O–H groups in total. The number of thiophene rings is 1. The molecule has 4 heteroatoms. The molecule has 3 rings (SSSR count). The number of hydrogen-bond donors (Lipinski definition) is 0. The standard InChI is InChI=1S/C14H14N2OS/c1-11(9-12-4-8-18-10-12)16-6-5-15-14(16)13-3-2-7-17-13/h2-8,10-11H,9H2,1H3. The van der Waals surface area contributed by atoms with Gasteiger partial charge < -0.3 is 8.98 Å². The fraction of sp³-hybridized carbons (Fsp3) is 0.214. The molecule has 0 fully saturated rings. The highest BCUT2D eigenvalue weighted by atomic mass is 32.1. The van der Waals surface area contributed by atoms with Crippen molar-refractivity contribution in [3.8, 4) is 11.6 Å². The summed E-state index contributed by atoms with van der Waals surface area (Å²) in [7, 11) is 0. The van der Waals surface area contributed by atoms with Crippen molar-refractivity contribution in [3.63, 3.8) is 0 Å². The molecular formula is C14H14N2OS. The summed E-state index contributed by atoms with van der Waals surface area (Å²) in [5, 5.41) is 4.31. The van der Waals surface area contributed by atoms with E-state index in [1.54, 1.807) is 17.6 Å². The number of nitrogens with zero attached hydrogens (tertiary/aromatic N) is 2. The molecule has 3 aromatic rings. The van der Waals surface area contributed by atoms with Crippen molar-refractivity contribution in [2.75, 3.05) is 0 Å². The molecular weight excluding hydrogens is 244 g/mol. The molecule has 0 aliphatic heterocycles. The Morgan fingerprint density at radius 2 is 2.39 bits per heavy atom. The van der Waals surface area contributed by atoms with E-state index in [9.17, 15) is 0 Å². The van der Waals surface area contributed by atoms with Gasteiger partial charge >= 0.3 is 0 Å². The van der Waals surface area contributed by atoms with E-state index in [1.165, 1.54) is 5.56 Å². The molecule has 0 saturated carbocycles. The molecule has 3 heterocycles. The van der Waals surface area contributed by atoms with Crippen LogP contribution in [0.3, 0.4) is 0 Å². The van der Waals surface area contributed by atoms with Gasteiger partial charge in [0.2, 0.25) is 0 Å². The SMILES string of the molecule is CC(Cc1ccsc1)n1ccnc1-c1ccco1. The van der Waals surface area contributed by atoms with Crippen LogP contribution in [0.1, 0.15) is 18.5 Å². The highest BCUT2D eigenvalue weighted by molar-refractivity contribution is 7.07. The van der Waals surface area contributed by atoms with Crippen LogP contribution >= 0.6 is 11.3 Å². The Labute approximate surface area is 110 Å². The minimum Gasteiger partial charge on any atom is -0.461 e. The Bertz CT molecular complexity index is 596. The molecule has 0 saturated heterocycles. The van der Waals surface area contributed by atoms with Gasteiger partial charge in [-0.15, -0.1) is 0 Å². The average Bonchev–Trinajstić information content (AvgIpc) is 3.11. The minimum atomic E-state index is 0.363. The zero-order chi connectivity index (χ0) is 12.4. The van der Waals surface area contributed by atoms with Gasteiger partial charge in [0.05, 0.1) is 6.26 Å². The van der Waals surface area contributed by atoms with Crippen molar-refractivity contribution in [3.05, 3.63) is 53.2 Å². The van der Waals surface area contributed by atoms with E-state index in [0.29, 0.717) is 6.04 Å². The molecule has 0 aliphatic rings. The van der Waals surface area contributed by atoms with Crippen LogP contribution in [-0.4, -0.2) is 9.55 Å². The molecule has 1 unspecified atom stereocenters. The lowest BCUT2D eigenvalue weighted by Crippen LogP contribution is -2.08. The molecule has 3 nitrogen and oxygen atoms in total. The van der Waals surface area contributed by atoms with E-state index >= 15 is 0 Å². The molecule has 0 bridgehead atoms. The molecule has 0 spiro atoms. The summed E-state index contributed by atoms with van der Waals surface area (Å²) < 4.78 is 7.59. The van der Waals surface area contributed by atoms with Crippen LogP contribution in [0.5, 0.6) is 0 Å². The van der Waals surface area contributed by atoms with Crippen LogP contribution in [0.25, 0.3) is 11.6 Å². The van der Waals surface area contributed by atoms with Gasteiger partial charge in [0.15, 0.2) is 11.6 Å². The Morgan fingerprint density at radius 1 is 1.44 bits per heavy atom. The van der Waals surface area contributed by atoms with Crippen molar-refractivity contribution in [2.24, 2.45) is 0 Å². The first-order valence-electron chi connectivity index (χ1n) is 5.92. The molecule has 0 aliphatic carbocycles. The highest BCUT2D eigenvalue weighted by Crippen LogP contribution is 2.24. The lowest BCUT2D eigenvalue weighted by molar-refractivity contribution is 0.526. The van der Waals surface area contributed by atoms with Crippen LogP contribution in [0.15, 0.2) is 52.0 Å². The van der Waals surface area contributed by atoms with E-state index in [0.717, 1.165) is 18.0 Å². The van der Waals surface area contributed by atoms with E-state index in [2.05, 4.69) is 33.3 Å². The number of aromatic nitrogens is 2. The summed E-state index contributed by atoms with van der Waals surface area (Å²) in [6.07, 6.45) is 6.52. The summed E-state index contributed by atoms with van der Waals surface area (Å²) in [5.41, 5.74) is 1.37. The fourth-order valence-electron chi connectivity index (χ4n) is 2.11. The molecule has 92 valence electrons. The number of furan rings is 1. The highest BCUT2D eigenvalue weighted by Gasteiger charge is 2.14. The van der Waals surface area contributed by atoms with Crippen molar-refractivity contribution in [2.45, 2.75) is 19.4 Å².